The number of aromatic nitrogens is 1. The molecule has 2 heterocycles. The Bertz CT molecular complexity index is 703. The van der Waals surface area contributed by atoms with Crippen LogP contribution in [-0.4, -0.2) is 43.4 Å². The van der Waals surface area contributed by atoms with Crippen LogP contribution in [0.15, 0.2) is 30.3 Å². The van der Waals surface area contributed by atoms with Crippen LogP contribution in [0.25, 0.3) is 11.3 Å². The molecule has 1 aliphatic heterocycles. The second-order valence-corrected chi connectivity index (χ2v) is 8.71. The number of nitrogens with one attached hydrogen (secondary N) is 2. The van der Waals surface area contributed by atoms with Crippen molar-refractivity contribution in [3.63, 3.8) is 0 Å². The van der Waals surface area contributed by atoms with Gasteiger partial charge in [-0.3, -0.25) is 0 Å². The monoisotopic (exact) mass is 407 g/mol. The number of halogens is 1. The van der Waals surface area contributed by atoms with E-state index in [1.54, 1.807) is 0 Å². The SMILES string of the molecule is Cc1sc(CCNC2CCCC2C2COCCN2)nc1-c1ccccc1.Cl. The van der Waals surface area contributed by atoms with Crippen LogP contribution in [0.1, 0.15) is 29.1 Å². The van der Waals surface area contributed by atoms with Crippen LogP contribution in [0.3, 0.4) is 0 Å². The fraction of sp³-hybridized carbons (Fsp3) is 0.571. The Labute approximate surface area is 172 Å². The minimum absolute atomic E-state index is 0. The van der Waals surface area contributed by atoms with E-state index in [4.69, 9.17) is 9.72 Å². The summed E-state index contributed by atoms with van der Waals surface area (Å²) < 4.78 is 5.68. The molecule has 0 spiro atoms. The molecule has 148 valence electrons. The molecule has 1 saturated carbocycles. The van der Waals surface area contributed by atoms with Gasteiger partial charge in [0.15, 0.2) is 0 Å². The summed E-state index contributed by atoms with van der Waals surface area (Å²) in [6.45, 7) is 5.91. The zero-order valence-electron chi connectivity index (χ0n) is 15.9. The zero-order valence-corrected chi connectivity index (χ0v) is 17.6. The van der Waals surface area contributed by atoms with Gasteiger partial charge in [0.2, 0.25) is 0 Å². The molecule has 2 aromatic rings. The normalized spacial score (nSPS) is 25.3. The molecule has 1 aromatic heterocycles. The van der Waals surface area contributed by atoms with E-state index in [1.165, 1.54) is 34.7 Å². The third-order valence-electron chi connectivity index (χ3n) is 5.67. The minimum Gasteiger partial charge on any atom is -0.379 e. The highest BCUT2D eigenvalue weighted by Gasteiger charge is 2.34. The van der Waals surface area contributed by atoms with Crippen LogP contribution in [0.5, 0.6) is 0 Å². The summed E-state index contributed by atoms with van der Waals surface area (Å²) >= 11 is 1.84. The molecule has 2 fully saturated rings. The molecule has 0 amide bonds. The lowest BCUT2D eigenvalue weighted by molar-refractivity contribution is 0.0526. The van der Waals surface area contributed by atoms with Gasteiger partial charge in [-0.2, -0.15) is 0 Å². The molecule has 0 bridgehead atoms. The van der Waals surface area contributed by atoms with Crippen LogP contribution >= 0.6 is 23.7 Å². The first kappa shape index (κ1) is 20.7. The summed E-state index contributed by atoms with van der Waals surface area (Å²) in [5, 5.41) is 8.71. The van der Waals surface area contributed by atoms with E-state index in [2.05, 4.69) is 47.9 Å². The molecule has 2 N–H and O–H groups in total. The average Bonchev–Trinajstić information content (AvgIpc) is 3.30. The van der Waals surface area contributed by atoms with E-state index in [0.29, 0.717) is 18.0 Å². The van der Waals surface area contributed by atoms with Crippen molar-refractivity contribution >= 4 is 23.7 Å². The Kier molecular flexibility index (Phi) is 7.67. The summed E-state index contributed by atoms with van der Waals surface area (Å²) in [5.41, 5.74) is 2.37. The Morgan fingerprint density at radius 1 is 1.26 bits per heavy atom. The Hall–Kier alpha value is -0.980. The predicted molar refractivity (Wildman–Crippen MR) is 115 cm³/mol. The molecule has 2 aliphatic rings. The molecule has 3 unspecified atom stereocenters. The van der Waals surface area contributed by atoms with Crippen molar-refractivity contribution in [2.45, 2.75) is 44.7 Å². The first-order valence-corrected chi connectivity index (χ1v) is 10.7. The van der Waals surface area contributed by atoms with Gasteiger partial charge in [-0.05, 0) is 25.7 Å². The molecular formula is C21H30ClN3OS. The second kappa shape index (κ2) is 9.99. The van der Waals surface area contributed by atoms with E-state index in [0.717, 1.165) is 38.4 Å². The number of nitrogens with zero attached hydrogens (tertiary/aromatic N) is 1. The fourth-order valence-electron chi connectivity index (χ4n) is 4.37. The molecule has 1 saturated heterocycles. The van der Waals surface area contributed by atoms with Crippen LogP contribution in [-0.2, 0) is 11.2 Å². The Morgan fingerprint density at radius 2 is 2.11 bits per heavy atom. The summed E-state index contributed by atoms with van der Waals surface area (Å²) in [7, 11) is 0. The summed E-state index contributed by atoms with van der Waals surface area (Å²) in [6, 6.07) is 11.6. The highest BCUT2D eigenvalue weighted by Crippen LogP contribution is 2.30. The number of ether oxygens (including phenoxy) is 1. The number of hydrogen-bond donors (Lipinski definition) is 2. The highest BCUT2D eigenvalue weighted by atomic mass is 35.5. The predicted octanol–water partition coefficient (Wildman–Crippen LogP) is 3.83. The van der Waals surface area contributed by atoms with Gasteiger partial charge >= 0.3 is 0 Å². The van der Waals surface area contributed by atoms with Crippen LogP contribution < -0.4 is 10.6 Å². The lowest BCUT2D eigenvalue weighted by atomic mass is 9.94. The molecule has 1 aromatic carbocycles. The van der Waals surface area contributed by atoms with Crippen molar-refractivity contribution < 1.29 is 4.74 Å². The third-order valence-corrected chi connectivity index (χ3v) is 6.70. The molecule has 3 atom stereocenters. The highest BCUT2D eigenvalue weighted by molar-refractivity contribution is 7.12. The quantitative estimate of drug-likeness (QED) is 0.763. The van der Waals surface area contributed by atoms with Gasteiger partial charge in [0.1, 0.15) is 0 Å². The number of aryl methyl sites for hydroxylation is 1. The van der Waals surface area contributed by atoms with E-state index in [-0.39, 0.29) is 12.4 Å². The van der Waals surface area contributed by atoms with Crippen molar-refractivity contribution in [1.82, 2.24) is 15.6 Å². The second-order valence-electron chi connectivity index (χ2n) is 7.42. The van der Waals surface area contributed by atoms with Crippen LogP contribution in [0, 0.1) is 12.8 Å². The lowest BCUT2D eigenvalue weighted by Gasteiger charge is -2.33. The summed E-state index contributed by atoms with van der Waals surface area (Å²) in [4.78, 5) is 6.21. The number of hydrogen-bond acceptors (Lipinski definition) is 5. The number of benzene rings is 1. The van der Waals surface area contributed by atoms with Gasteiger partial charge in [0.05, 0.1) is 23.9 Å². The molecular weight excluding hydrogens is 378 g/mol. The summed E-state index contributed by atoms with van der Waals surface area (Å²) in [6.07, 6.45) is 4.94. The molecule has 4 rings (SSSR count). The Morgan fingerprint density at radius 3 is 2.89 bits per heavy atom. The maximum absolute atomic E-state index is 5.68. The van der Waals surface area contributed by atoms with E-state index in [9.17, 15) is 0 Å². The lowest BCUT2D eigenvalue weighted by Crippen LogP contribution is -2.51. The third kappa shape index (κ3) is 5.09. The smallest absolute Gasteiger partial charge is 0.0948 e. The maximum atomic E-state index is 5.68. The molecule has 4 nitrogen and oxygen atoms in total. The van der Waals surface area contributed by atoms with Crippen molar-refractivity contribution in [2.24, 2.45) is 5.92 Å². The fourth-order valence-corrected chi connectivity index (χ4v) is 5.33. The van der Waals surface area contributed by atoms with Crippen molar-refractivity contribution in [1.29, 1.82) is 0 Å². The molecule has 6 heteroatoms. The van der Waals surface area contributed by atoms with Crippen molar-refractivity contribution in [3.8, 4) is 11.3 Å². The summed E-state index contributed by atoms with van der Waals surface area (Å²) in [5.74, 6) is 0.702. The largest absolute Gasteiger partial charge is 0.379 e. The van der Waals surface area contributed by atoms with Crippen molar-refractivity contribution in [3.05, 3.63) is 40.2 Å². The van der Waals surface area contributed by atoms with E-state index >= 15 is 0 Å². The standard InChI is InChI=1S/C21H29N3OS.ClH/c1-15-21(16-6-3-2-4-7-16)24-20(26-15)10-11-22-18-9-5-8-17(18)19-14-25-13-12-23-19;/h2-4,6-7,17-19,22-23H,5,8-14H2,1H3;1H. The van der Waals surface area contributed by atoms with Gasteiger partial charge < -0.3 is 15.4 Å². The Balaban J connectivity index is 0.00000210. The van der Waals surface area contributed by atoms with Crippen LogP contribution in [0.2, 0.25) is 0 Å². The number of rotatable bonds is 6. The molecule has 27 heavy (non-hydrogen) atoms. The van der Waals surface area contributed by atoms with Gasteiger partial charge in [0, 0.05) is 42.0 Å². The van der Waals surface area contributed by atoms with Gasteiger partial charge in [-0.1, -0.05) is 36.8 Å². The zero-order chi connectivity index (χ0) is 17.8. The molecule has 0 radical (unpaired) electrons. The van der Waals surface area contributed by atoms with Gasteiger partial charge in [-0.25, -0.2) is 4.98 Å². The first-order valence-electron chi connectivity index (χ1n) is 9.87. The average molecular weight is 408 g/mol. The molecule has 1 aliphatic carbocycles. The first-order chi connectivity index (χ1) is 12.8. The number of morpholine rings is 1. The van der Waals surface area contributed by atoms with Gasteiger partial charge in [-0.15, -0.1) is 23.7 Å². The van der Waals surface area contributed by atoms with E-state index in [1.807, 2.05) is 11.3 Å². The topological polar surface area (TPSA) is 46.2 Å². The number of thiazole rings is 1. The minimum atomic E-state index is 0. The van der Waals surface area contributed by atoms with Crippen molar-refractivity contribution in [2.75, 3.05) is 26.3 Å². The van der Waals surface area contributed by atoms with Gasteiger partial charge in [0.25, 0.3) is 0 Å². The maximum Gasteiger partial charge on any atom is 0.0948 e. The van der Waals surface area contributed by atoms with E-state index < -0.39 is 0 Å². The van der Waals surface area contributed by atoms with Crippen LogP contribution in [0.4, 0.5) is 0 Å².